The summed E-state index contributed by atoms with van der Waals surface area (Å²) in [5.74, 6) is 0. The van der Waals surface area contributed by atoms with Gasteiger partial charge in [0.1, 0.15) is 0 Å². The predicted octanol–water partition coefficient (Wildman–Crippen LogP) is 2.87. The van der Waals surface area contributed by atoms with Gasteiger partial charge in [-0.25, -0.2) is 0 Å². The maximum Gasteiger partial charge on any atom is 0.467 e. The normalized spacial score (nSPS) is 18.7. The zero-order valence-corrected chi connectivity index (χ0v) is 8.38. The Morgan fingerprint density at radius 1 is 1.14 bits per heavy atom. The molecule has 1 atom stereocenters. The van der Waals surface area contributed by atoms with Crippen LogP contribution in [-0.4, -0.2) is 0 Å². The maximum atomic E-state index is 11.0. The first kappa shape index (κ1) is 8.06. The van der Waals surface area contributed by atoms with Gasteiger partial charge >= 0.3 is 11.7 Å². The van der Waals surface area contributed by atoms with Gasteiger partial charge in [-0.3, -0.25) is 0 Å². The van der Waals surface area contributed by atoms with Gasteiger partial charge in [-0.05, 0) is 16.3 Å². The molecular weight excluding hydrogens is 192 g/mol. The fraction of sp³-hybridized carbons (Fsp3) is 0.167. The van der Waals surface area contributed by atoms with Crippen LogP contribution in [0.2, 0.25) is 0 Å². The van der Waals surface area contributed by atoms with Crippen LogP contribution < -0.4 is 0 Å². The van der Waals surface area contributed by atoms with E-state index < -0.39 is 0 Å². The van der Waals surface area contributed by atoms with Crippen molar-refractivity contribution in [3.05, 3.63) is 47.5 Å². The Labute approximate surface area is 86.2 Å². The highest BCUT2D eigenvalue weighted by molar-refractivity contribution is 7.65. The molecular formula is C12H9OS+. The molecule has 3 rings (SSSR count). The molecule has 0 N–H and O–H groups in total. The lowest BCUT2D eigenvalue weighted by atomic mass is 10.1. The second-order valence-corrected chi connectivity index (χ2v) is 4.41. The van der Waals surface area contributed by atoms with Crippen LogP contribution in [0.5, 0.6) is 0 Å². The molecule has 1 aliphatic carbocycles. The molecule has 0 saturated heterocycles. The quantitative estimate of drug-likeness (QED) is 0.648. The monoisotopic (exact) mass is 201 g/mol. The van der Waals surface area contributed by atoms with Gasteiger partial charge < -0.3 is 0 Å². The van der Waals surface area contributed by atoms with E-state index in [2.05, 4.69) is 30.3 Å². The van der Waals surface area contributed by atoms with Crippen molar-refractivity contribution in [2.75, 3.05) is 0 Å². The minimum atomic E-state index is 0.121. The van der Waals surface area contributed by atoms with Crippen LogP contribution in [-0.2, 0) is 22.3 Å². The van der Waals surface area contributed by atoms with Crippen molar-refractivity contribution in [1.29, 1.82) is 0 Å². The highest BCUT2D eigenvalue weighted by atomic mass is 32.1. The minimum absolute atomic E-state index is 0.121. The summed E-state index contributed by atoms with van der Waals surface area (Å²) in [6.07, 6.45) is 0.894. The second-order valence-electron chi connectivity index (χ2n) is 3.65. The third kappa shape index (κ3) is 0.946. The molecule has 0 aromatic heterocycles. The molecule has 0 aliphatic heterocycles. The maximum absolute atomic E-state index is 11.0. The molecule has 0 saturated carbocycles. The fourth-order valence-corrected chi connectivity index (χ4v) is 2.83. The molecule has 2 aromatic carbocycles. The van der Waals surface area contributed by atoms with E-state index in [1.807, 2.05) is 6.07 Å². The lowest BCUT2D eigenvalue weighted by molar-refractivity contribution is 0.599. The van der Waals surface area contributed by atoms with E-state index in [9.17, 15) is 4.21 Å². The summed E-state index contributed by atoms with van der Waals surface area (Å²) in [7, 11) is 0. The zero-order valence-electron chi connectivity index (χ0n) is 7.57. The number of hydrogen-bond acceptors (Lipinski definition) is 1. The van der Waals surface area contributed by atoms with Crippen LogP contribution in [0, 0.1) is 0 Å². The van der Waals surface area contributed by atoms with E-state index in [1.54, 1.807) is 0 Å². The Bertz CT molecular complexity index is 513. The summed E-state index contributed by atoms with van der Waals surface area (Å²) in [4.78, 5) is 0. The van der Waals surface area contributed by atoms with Gasteiger partial charge in [0.2, 0.25) is 0 Å². The lowest BCUT2D eigenvalue weighted by Gasteiger charge is -1.98. The molecule has 1 unspecified atom stereocenters. The first-order valence-corrected chi connectivity index (χ1v) is 5.50. The van der Waals surface area contributed by atoms with Gasteiger partial charge in [0, 0.05) is 16.2 Å². The van der Waals surface area contributed by atoms with Gasteiger partial charge in [-0.2, -0.15) is 0 Å². The van der Waals surface area contributed by atoms with E-state index >= 15 is 0 Å². The van der Waals surface area contributed by atoms with E-state index in [0.29, 0.717) is 11.7 Å². The molecule has 14 heavy (non-hydrogen) atoms. The first-order chi connectivity index (χ1) is 6.90. The zero-order chi connectivity index (χ0) is 9.54. The van der Waals surface area contributed by atoms with Crippen LogP contribution in [0.4, 0.5) is 0 Å². The third-order valence-electron chi connectivity index (χ3n) is 2.89. The van der Waals surface area contributed by atoms with Gasteiger partial charge in [0.25, 0.3) is 5.25 Å². The minimum Gasteiger partial charge on any atom is -0.0614 e. The molecule has 2 aromatic rings. The van der Waals surface area contributed by atoms with Crippen molar-refractivity contribution in [2.24, 2.45) is 0 Å². The van der Waals surface area contributed by atoms with Gasteiger partial charge in [-0.1, -0.05) is 36.4 Å². The molecule has 68 valence electrons. The average Bonchev–Trinajstić information content (AvgIpc) is 2.60. The van der Waals surface area contributed by atoms with Crippen LogP contribution in [0.1, 0.15) is 16.4 Å². The fourth-order valence-electron chi connectivity index (χ4n) is 2.28. The molecule has 0 spiro atoms. The number of benzene rings is 2. The Kier molecular flexibility index (Phi) is 1.64. The molecule has 0 amide bonds. The molecule has 0 radical (unpaired) electrons. The largest absolute Gasteiger partial charge is 0.467 e. The molecule has 0 bridgehead atoms. The van der Waals surface area contributed by atoms with Crippen LogP contribution in [0.3, 0.4) is 0 Å². The van der Waals surface area contributed by atoms with E-state index in [1.165, 1.54) is 21.9 Å². The molecule has 0 heterocycles. The van der Waals surface area contributed by atoms with Crippen LogP contribution in [0.25, 0.3) is 10.8 Å². The Morgan fingerprint density at radius 3 is 2.71 bits per heavy atom. The third-order valence-corrected chi connectivity index (χ3v) is 3.54. The average molecular weight is 201 g/mol. The molecule has 1 nitrogen and oxygen atoms in total. The lowest BCUT2D eigenvalue weighted by Crippen LogP contribution is -1.91. The highest BCUT2D eigenvalue weighted by Crippen LogP contribution is 2.37. The topological polar surface area (TPSA) is 17.1 Å². The summed E-state index contributed by atoms with van der Waals surface area (Å²) in [6.45, 7) is 0. The Balaban J connectivity index is 2.43. The standard InChI is InChI=1S/C12H9OS/c13-14-11-7-9-5-1-3-8-4-2-6-10(11)12(8)9/h1-6,11H,7H2/q+1. The second kappa shape index (κ2) is 2.85. The van der Waals surface area contributed by atoms with Gasteiger partial charge in [0.15, 0.2) is 0 Å². The first-order valence-electron chi connectivity index (χ1n) is 4.69. The van der Waals surface area contributed by atoms with Crippen LogP contribution >= 0.6 is 0 Å². The van der Waals surface area contributed by atoms with Gasteiger partial charge in [-0.15, -0.1) is 0 Å². The summed E-state index contributed by atoms with van der Waals surface area (Å²) in [5.41, 5.74) is 2.55. The van der Waals surface area contributed by atoms with Crippen molar-refractivity contribution in [1.82, 2.24) is 0 Å². The Hall–Kier alpha value is -1.28. The highest BCUT2D eigenvalue weighted by Gasteiger charge is 2.33. The number of rotatable bonds is 1. The molecule has 0 fully saturated rings. The van der Waals surface area contributed by atoms with Crippen molar-refractivity contribution in [3.8, 4) is 0 Å². The molecule has 2 heteroatoms. The molecule has 1 aliphatic rings. The Morgan fingerprint density at radius 2 is 1.93 bits per heavy atom. The summed E-state index contributed by atoms with van der Waals surface area (Å²) in [5, 5.41) is 2.69. The van der Waals surface area contributed by atoms with Gasteiger partial charge in [0.05, 0.1) is 0 Å². The van der Waals surface area contributed by atoms with E-state index in [0.717, 1.165) is 6.42 Å². The van der Waals surface area contributed by atoms with Crippen molar-refractivity contribution in [3.63, 3.8) is 0 Å². The van der Waals surface area contributed by atoms with Crippen LogP contribution in [0.15, 0.2) is 36.4 Å². The SMILES string of the molecule is O=[S+]C1Cc2cccc3cccc1c23. The summed E-state index contributed by atoms with van der Waals surface area (Å²) < 4.78 is 11.0. The summed E-state index contributed by atoms with van der Waals surface area (Å²) in [6, 6.07) is 12.5. The number of hydrogen-bond donors (Lipinski definition) is 0. The van der Waals surface area contributed by atoms with Crippen molar-refractivity contribution >= 4 is 22.4 Å². The summed E-state index contributed by atoms with van der Waals surface area (Å²) >= 11 is 0.712. The van der Waals surface area contributed by atoms with Crippen molar-refractivity contribution < 1.29 is 4.21 Å². The predicted molar refractivity (Wildman–Crippen MR) is 58.4 cm³/mol. The smallest absolute Gasteiger partial charge is 0.0614 e. The van der Waals surface area contributed by atoms with E-state index in [4.69, 9.17) is 0 Å². The van der Waals surface area contributed by atoms with Crippen molar-refractivity contribution in [2.45, 2.75) is 11.7 Å². The van der Waals surface area contributed by atoms with E-state index in [-0.39, 0.29) is 5.25 Å².